The topological polar surface area (TPSA) is 44.5 Å². The summed E-state index contributed by atoms with van der Waals surface area (Å²) in [6.45, 7) is 7.33. The molecular formula is C42H85N2O2+. The lowest BCUT2D eigenvalue weighted by molar-refractivity contribution is -0.877. The number of ether oxygens (including phenoxy) is 2. The second kappa shape index (κ2) is 34.2. The van der Waals surface area contributed by atoms with Gasteiger partial charge in [0.1, 0.15) is 6.54 Å². The van der Waals surface area contributed by atoms with E-state index in [0.29, 0.717) is 6.61 Å². The number of quaternary nitrogens is 1. The van der Waals surface area contributed by atoms with E-state index in [9.17, 15) is 0 Å². The van der Waals surface area contributed by atoms with E-state index in [2.05, 4.69) is 59.3 Å². The molecule has 46 heavy (non-hydrogen) atoms. The summed E-state index contributed by atoms with van der Waals surface area (Å²) in [5.74, 6) is 0. The molecule has 2 N–H and O–H groups in total. The van der Waals surface area contributed by atoms with Gasteiger partial charge in [-0.25, -0.2) is 0 Å². The van der Waals surface area contributed by atoms with Crippen LogP contribution < -0.4 is 5.73 Å². The first kappa shape index (κ1) is 45.3. The molecule has 0 amide bonds. The third kappa shape index (κ3) is 36.2. The standard InChI is InChI=1S/C42H85N2O2/c1-6-8-10-12-14-16-18-20-22-24-26-28-30-32-34-36-38-45-41-42(43,40-44(3,4)5)46-39-37-35-33-31-29-27-25-23-21-19-17-15-13-11-9-7-2/h20-23H,6-19,24-41,43H2,1-5H3/q+1/b22-20-,23-21-. The smallest absolute Gasteiger partial charge is 0.189 e. The van der Waals surface area contributed by atoms with Crippen LogP contribution in [0, 0.1) is 0 Å². The fourth-order valence-electron chi connectivity index (χ4n) is 6.26. The number of hydrogen-bond acceptors (Lipinski definition) is 3. The highest BCUT2D eigenvalue weighted by atomic mass is 16.6. The van der Waals surface area contributed by atoms with E-state index in [-0.39, 0.29) is 0 Å². The van der Waals surface area contributed by atoms with Crippen LogP contribution in [0.15, 0.2) is 24.3 Å². The average Bonchev–Trinajstić information content (AvgIpc) is 3.01. The Morgan fingerprint density at radius 1 is 0.457 bits per heavy atom. The molecule has 0 aliphatic rings. The zero-order valence-electron chi connectivity index (χ0n) is 32.3. The summed E-state index contributed by atoms with van der Waals surface area (Å²) >= 11 is 0. The van der Waals surface area contributed by atoms with Crippen molar-refractivity contribution < 1.29 is 14.0 Å². The van der Waals surface area contributed by atoms with Gasteiger partial charge >= 0.3 is 0 Å². The molecule has 0 saturated heterocycles. The number of nitrogens with zero attached hydrogens (tertiary/aromatic N) is 1. The quantitative estimate of drug-likeness (QED) is 0.0315. The second-order valence-corrected chi connectivity index (χ2v) is 15.3. The van der Waals surface area contributed by atoms with Crippen molar-refractivity contribution in [3.05, 3.63) is 24.3 Å². The molecule has 0 heterocycles. The maximum Gasteiger partial charge on any atom is 0.189 e. The molecule has 4 heteroatoms. The summed E-state index contributed by atoms with van der Waals surface area (Å²) in [6.07, 6.45) is 46.7. The molecule has 274 valence electrons. The summed E-state index contributed by atoms with van der Waals surface area (Å²) in [6, 6.07) is 0. The van der Waals surface area contributed by atoms with E-state index in [1.54, 1.807) is 0 Å². The predicted molar refractivity (Wildman–Crippen MR) is 205 cm³/mol. The monoisotopic (exact) mass is 650 g/mol. The van der Waals surface area contributed by atoms with Gasteiger partial charge in [0.15, 0.2) is 5.72 Å². The summed E-state index contributed by atoms with van der Waals surface area (Å²) in [7, 11) is 6.54. The van der Waals surface area contributed by atoms with Gasteiger partial charge in [0.25, 0.3) is 0 Å². The summed E-state index contributed by atoms with van der Waals surface area (Å²) in [5, 5.41) is 0. The maximum absolute atomic E-state index is 6.75. The molecule has 0 aliphatic carbocycles. The summed E-state index contributed by atoms with van der Waals surface area (Å²) in [5.41, 5.74) is 6.04. The Morgan fingerprint density at radius 2 is 0.783 bits per heavy atom. The van der Waals surface area contributed by atoms with Gasteiger partial charge < -0.3 is 14.0 Å². The minimum absolute atomic E-state index is 0.486. The highest BCUT2D eigenvalue weighted by molar-refractivity contribution is 4.82. The molecule has 1 unspecified atom stereocenters. The molecule has 0 bridgehead atoms. The molecule has 0 aromatic rings. The lowest BCUT2D eigenvalue weighted by Crippen LogP contribution is -2.59. The molecule has 0 radical (unpaired) electrons. The van der Waals surface area contributed by atoms with Crippen LogP contribution >= 0.6 is 0 Å². The van der Waals surface area contributed by atoms with Gasteiger partial charge in [0, 0.05) is 13.2 Å². The van der Waals surface area contributed by atoms with Crippen LogP contribution in [0.4, 0.5) is 0 Å². The van der Waals surface area contributed by atoms with Gasteiger partial charge in [0.2, 0.25) is 0 Å². The average molecular weight is 650 g/mol. The molecular weight excluding hydrogens is 564 g/mol. The van der Waals surface area contributed by atoms with Crippen molar-refractivity contribution in [1.29, 1.82) is 0 Å². The summed E-state index contributed by atoms with van der Waals surface area (Å²) < 4.78 is 13.1. The van der Waals surface area contributed by atoms with Crippen molar-refractivity contribution in [2.24, 2.45) is 5.73 Å². The molecule has 0 aliphatic heterocycles. The van der Waals surface area contributed by atoms with Crippen molar-refractivity contribution in [1.82, 2.24) is 0 Å². The highest BCUT2D eigenvalue weighted by Crippen LogP contribution is 2.15. The van der Waals surface area contributed by atoms with Gasteiger partial charge in [0.05, 0.1) is 27.7 Å². The zero-order valence-corrected chi connectivity index (χ0v) is 32.3. The van der Waals surface area contributed by atoms with E-state index in [1.165, 1.54) is 167 Å². The number of unbranched alkanes of at least 4 members (excludes halogenated alkanes) is 24. The fraction of sp³-hybridized carbons (Fsp3) is 0.905. The van der Waals surface area contributed by atoms with Gasteiger partial charge in [-0.3, -0.25) is 5.73 Å². The van der Waals surface area contributed by atoms with Gasteiger partial charge in [-0.2, -0.15) is 0 Å². The first-order valence-corrected chi connectivity index (χ1v) is 20.4. The van der Waals surface area contributed by atoms with Crippen molar-refractivity contribution in [2.45, 2.75) is 199 Å². The Labute approximate surface area is 290 Å². The fourth-order valence-corrected chi connectivity index (χ4v) is 6.26. The summed E-state index contributed by atoms with van der Waals surface area (Å²) in [4.78, 5) is 0. The Bertz CT molecular complexity index is 657. The molecule has 0 spiro atoms. The Morgan fingerprint density at radius 3 is 1.15 bits per heavy atom. The van der Waals surface area contributed by atoms with Gasteiger partial charge in [-0.1, -0.05) is 154 Å². The number of likely N-dealkylation sites (N-methyl/N-ethyl adjacent to an activating group) is 1. The zero-order chi connectivity index (χ0) is 33.9. The van der Waals surface area contributed by atoms with Crippen LogP contribution in [-0.2, 0) is 9.47 Å². The normalized spacial score (nSPS) is 13.8. The minimum Gasteiger partial charge on any atom is -0.377 e. The van der Waals surface area contributed by atoms with Crippen LogP contribution in [0.25, 0.3) is 0 Å². The Kier molecular flexibility index (Phi) is 33.7. The maximum atomic E-state index is 6.75. The van der Waals surface area contributed by atoms with Crippen LogP contribution in [-0.4, -0.2) is 57.7 Å². The second-order valence-electron chi connectivity index (χ2n) is 15.3. The number of hydrogen-bond donors (Lipinski definition) is 1. The van der Waals surface area contributed by atoms with Crippen LogP contribution in [0.5, 0.6) is 0 Å². The number of rotatable bonds is 37. The van der Waals surface area contributed by atoms with E-state index in [4.69, 9.17) is 15.2 Å². The van der Waals surface area contributed by atoms with E-state index < -0.39 is 5.72 Å². The molecule has 0 aromatic heterocycles. The van der Waals surface area contributed by atoms with Crippen LogP contribution in [0.1, 0.15) is 194 Å². The van der Waals surface area contributed by atoms with Crippen LogP contribution in [0.2, 0.25) is 0 Å². The third-order valence-corrected chi connectivity index (χ3v) is 8.93. The Balaban J connectivity index is 3.76. The SMILES string of the molecule is CCCCCCCC/C=C\CCCCCCCCOCC(N)(C[N+](C)(C)C)OCCCCCCCC/C=C\CCCCCCCC. The largest absolute Gasteiger partial charge is 0.377 e. The van der Waals surface area contributed by atoms with Crippen molar-refractivity contribution in [3.63, 3.8) is 0 Å². The van der Waals surface area contributed by atoms with Crippen molar-refractivity contribution in [2.75, 3.05) is 47.5 Å². The first-order valence-electron chi connectivity index (χ1n) is 20.4. The molecule has 1 atom stereocenters. The molecule has 0 aromatic carbocycles. The Hall–Kier alpha value is -0.680. The van der Waals surface area contributed by atoms with E-state index in [0.717, 1.165) is 37.1 Å². The van der Waals surface area contributed by atoms with Crippen LogP contribution in [0.3, 0.4) is 0 Å². The molecule has 0 rings (SSSR count). The highest BCUT2D eigenvalue weighted by Gasteiger charge is 2.33. The number of nitrogens with two attached hydrogens (primary N) is 1. The lowest BCUT2D eigenvalue weighted by Gasteiger charge is -2.36. The van der Waals surface area contributed by atoms with E-state index >= 15 is 0 Å². The minimum atomic E-state index is -0.706. The van der Waals surface area contributed by atoms with Gasteiger partial charge in [-0.05, 0) is 64.2 Å². The number of allylic oxidation sites excluding steroid dienone is 4. The van der Waals surface area contributed by atoms with Gasteiger partial charge in [-0.15, -0.1) is 0 Å². The van der Waals surface area contributed by atoms with Crippen molar-refractivity contribution >= 4 is 0 Å². The van der Waals surface area contributed by atoms with E-state index in [1.807, 2.05) is 0 Å². The van der Waals surface area contributed by atoms with Crippen molar-refractivity contribution in [3.8, 4) is 0 Å². The predicted octanol–water partition coefficient (Wildman–Crippen LogP) is 12.5. The molecule has 0 fully saturated rings. The first-order chi connectivity index (χ1) is 22.3. The molecule has 0 saturated carbocycles. The lowest BCUT2D eigenvalue weighted by atomic mass is 10.1. The third-order valence-electron chi connectivity index (χ3n) is 8.93. The molecule has 4 nitrogen and oxygen atoms in total.